The van der Waals surface area contributed by atoms with Crippen LogP contribution in [0.5, 0.6) is 0 Å². The van der Waals surface area contributed by atoms with Gasteiger partial charge >= 0.3 is 0 Å². The van der Waals surface area contributed by atoms with Crippen molar-refractivity contribution in [1.29, 1.82) is 0 Å². The fourth-order valence-electron chi connectivity index (χ4n) is 1.53. The number of amides is 2. The summed E-state index contributed by atoms with van der Waals surface area (Å²) in [6.45, 7) is 0.132. The minimum absolute atomic E-state index is 0.0296. The second kappa shape index (κ2) is 8.32. The Balaban J connectivity index is 2.30. The maximum absolute atomic E-state index is 11.9. The van der Waals surface area contributed by atoms with Gasteiger partial charge in [-0.1, -0.05) is 12.1 Å². The summed E-state index contributed by atoms with van der Waals surface area (Å²) in [5.74, 6) is -0.629. The highest BCUT2D eigenvalue weighted by Gasteiger charge is 2.10. The molecule has 0 heterocycles. The van der Waals surface area contributed by atoms with Gasteiger partial charge in [-0.25, -0.2) is 8.42 Å². The van der Waals surface area contributed by atoms with Gasteiger partial charge in [0.1, 0.15) is 9.84 Å². The first-order chi connectivity index (χ1) is 9.79. The molecule has 0 aliphatic heterocycles. The van der Waals surface area contributed by atoms with Crippen molar-refractivity contribution in [2.75, 3.05) is 25.1 Å². The van der Waals surface area contributed by atoms with Crippen LogP contribution in [-0.2, 0) is 14.6 Å². The van der Waals surface area contributed by atoms with E-state index in [4.69, 9.17) is 0 Å². The molecule has 1 aromatic carbocycles. The monoisotopic (exact) mass is 424 g/mol. The van der Waals surface area contributed by atoms with E-state index in [9.17, 15) is 18.0 Å². The minimum atomic E-state index is -3.01. The number of hydrogen-bond donors (Lipinski definition) is 2. The lowest BCUT2D eigenvalue weighted by atomic mass is 10.2. The van der Waals surface area contributed by atoms with Gasteiger partial charge in [-0.3, -0.25) is 9.59 Å². The molecule has 2 N–H and O–H groups in total. The van der Waals surface area contributed by atoms with E-state index in [1.54, 1.807) is 18.2 Å². The fourth-order valence-corrected chi connectivity index (χ4v) is 2.83. The summed E-state index contributed by atoms with van der Waals surface area (Å²) in [5, 5.41) is 5.08. The summed E-state index contributed by atoms with van der Waals surface area (Å²) in [5.41, 5.74) is 0.517. The molecule has 0 atom stereocenters. The summed E-state index contributed by atoms with van der Waals surface area (Å²) < 4.78 is 22.6. The van der Waals surface area contributed by atoms with E-state index >= 15 is 0 Å². The van der Waals surface area contributed by atoms with Crippen molar-refractivity contribution in [2.24, 2.45) is 0 Å². The zero-order valence-electron chi connectivity index (χ0n) is 11.6. The molecule has 0 saturated carbocycles. The van der Waals surface area contributed by atoms with Crippen molar-refractivity contribution in [2.45, 2.75) is 6.42 Å². The highest BCUT2D eigenvalue weighted by atomic mass is 127. The molecule has 0 spiro atoms. The van der Waals surface area contributed by atoms with Gasteiger partial charge in [0.25, 0.3) is 5.91 Å². The third-order valence-electron chi connectivity index (χ3n) is 2.54. The Hall–Kier alpha value is -1.16. The van der Waals surface area contributed by atoms with Crippen LogP contribution >= 0.6 is 22.6 Å². The normalized spacial score (nSPS) is 11.0. The number of hydrogen-bond acceptors (Lipinski definition) is 4. The van der Waals surface area contributed by atoms with Gasteiger partial charge in [-0.15, -0.1) is 0 Å². The number of halogens is 1. The van der Waals surface area contributed by atoms with Crippen molar-refractivity contribution < 1.29 is 18.0 Å². The van der Waals surface area contributed by atoms with Gasteiger partial charge in [0, 0.05) is 16.4 Å². The smallest absolute Gasteiger partial charge is 0.252 e. The van der Waals surface area contributed by atoms with E-state index in [1.807, 2.05) is 28.7 Å². The molecule has 0 aromatic heterocycles. The Labute approximate surface area is 137 Å². The molecule has 0 aliphatic carbocycles. The zero-order chi connectivity index (χ0) is 15.9. The van der Waals surface area contributed by atoms with Crippen LogP contribution in [0.4, 0.5) is 0 Å². The predicted octanol–water partition coefficient (Wildman–Crippen LogP) is 0.572. The molecule has 0 saturated heterocycles. The lowest BCUT2D eigenvalue weighted by molar-refractivity contribution is -0.120. The molecule has 0 fully saturated rings. The molecule has 1 aromatic rings. The van der Waals surface area contributed by atoms with Crippen LogP contribution < -0.4 is 10.6 Å². The van der Waals surface area contributed by atoms with Crippen LogP contribution in [-0.4, -0.2) is 45.3 Å². The minimum Gasteiger partial charge on any atom is -0.355 e. The van der Waals surface area contributed by atoms with Crippen LogP contribution in [0.1, 0.15) is 16.8 Å². The lowest BCUT2D eigenvalue weighted by Crippen LogP contribution is -2.37. The quantitative estimate of drug-likeness (QED) is 0.495. The molecule has 0 bridgehead atoms. The Kier molecular flexibility index (Phi) is 7.09. The van der Waals surface area contributed by atoms with E-state index < -0.39 is 9.84 Å². The molecule has 21 heavy (non-hydrogen) atoms. The standard InChI is InChI=1S/C13H17IN2O4S/c1-21(19,20)8-4-7-15-12(17)9-16-13(18)10-5-2-3-6-11(10)14/h2-3,5-6H,4,7-9H2,1H3,(H,15,17)(H,16,18). The summed E-state index contributed by atoms with van der Waals surface area (Å²) in [7, 11) is -3.01. The molecular formula is C13H17IN2O4S. The van der Waals surface area contributed by atoms with Crippen LogP contribution in [0.25, 0.3) is 0 Å². The largest absolute Gasteiger partial charge is 0.355 e. The molecule has 0 radical (unpaired) electrons. The summed E-state index contributed by atoms with van der Waals surface area (Å²) in [6, 6.07) is 7.07. The molecule has 0 aliphatic rings. The number of nitrogens with one attached hydrogen (secondary N) is 2. The van der Waals surface area contributed by atoms with E-state index in [-0.39, 0.29) is 30.7 Å². The average molecular weight is 424 g/mol. The summed E-state index contributed by atoms with van der Waals surface area (Å²) >= 11 is 2.05. The molecule has 8 heteroatoms. The Morgan fingerprint density at radius 2 is 1.86 bits per heavy atom. The van der Waals surface area contributed by atoms with Crippen molar-refractivity contribution in [3.05, 3.63) is 33.4 Å². The maximum Gasteiger partial charge on any atom is 0.252 e. The number of carbonyl (C=O) groups excluding carboxylic acids is 2. The Morgan fingerprint density at radius 1 is 1.19 bits per heavy atom. The second-order valence-electron chi connectivity index (χ2n) is 4.50. The molecule has 1 rings (SSSR count). The maximum atomic E-state index is 11.9. The van der Waals surface area contributed by atoms with Crippen molar-refractivity contribution in [3.63, 3.8) is 0 Å². The van der Waals surface area contributed by atoms with Gasteiger partial charge in [0.2, 0.25) is 5.91 Å². The van der Waals surface area contributed by atoms with E-state index in [1.165, 1.54) is 0 Å². The third-order valence-corrected chi connectivity index (χ3v) is 4.51. The molecular weight excluding hydrogens is 407 g/mol. The highest BCUT2D eigenvalue weighted by molar-refractivity contribution is 14.1. The number of rotatable bonds is 7. The Bertz CT molecular complexity index is 616. The first-order valence-electron chi connectivity index (χ1n) is 6.27. The second-order valence-corrected chi connectivity index (χ2v) is 7.92. The van der Waals surface area contributed by atoms with Crippen LogP contribution in [0.15, 0.2) is 24.3 Å². The van der Waals surface area contributed by atoms with Crippen molar-refractivity contribution in [1.82, 2.24) is 10.6 Å². The van der Waals surface area contributed by atoms with E-state index in [0.717, 1.165) is 9.83 Å². The summed E-state index contributed by atoms with van der Waals surface area (Å²) in [4.78, 5) is 23.4. The number of sulfone groups is 1. The zero-order valence-corrected chi connectivity index (χ0v) is 14.5. The first-order valence-corrected chi connectivity index (χ1v) is 9.40. The molecule has 6 nitrogen and oxygen atoms in total. The first kappa shape index (κ1) is 17.9. The van der Waals surface area contributed by atoms with Gasteiger partial charge < -0.3 is 10.6 Å². The van der Waals surface area contributed by atoms with E-state index in [2.05, 4.69) is 10.6 Å². The van der Waals surface area contributed by atoms with Crippen LogP contribution in [0.3, 0.4) is 0 Å². The van der Waals surface area contributed by atoms with Crippen LogP contribution in [0, 0.1) is 3.57 Å². The molecule has 0 unspecified atom stereocenters. The summed E-state index contributed by atoms with van der Waals surface area (Å²) in [6.07, 6.45) is 1.51. The molecule has 116 valence electrons. The van der Waals surface area contributed by atoms with Crippen molar-refractivity contribution in [3.8, 4) is 0 Å². The van der Waals surface area contributed by atoms with E-state index in [0.29, 0.717) is 12.0 Å². The van der Waals surface area contributed by atoms with Gasteiger partial charge in [0.05, 0.1) is 17.9 Å². The molecule has 2 amide bonds. The number of benzene rings is 1. The lowest BCUT2D eigenvalue weighted by Gasteiger charge is -2.07. The van der Waals surface area contributed by atoms with Crippen molar-refractivity contribution >= 4 is 44.2 Å². The third kappa shape index (κ3) is 7.42. The SMILES string of the molecule is CS(=O)(=O)CCCNC(=O)CNC(=O)c1ccccc1I. The van der Waals surface area contributed by atoms with Gasteiger partial charge in [-0.05, 0) is 41.1 Å². The topological polar surface area (TPSA) is 92.3 Å². The highest BCUT2D eigenvalue weighted by Crippen LogP contribution is 2.10. The van der Waals surface area contributed by atoms with Gasteiger partial charge in [0.15, 0.2) is 0 Å². The predicted molar refractivity (Wildman–Crippen MR) is 88.8 cm³/mol. The fraction of sp³-hybridized carbons (Fsp3) is 0.385. The number of carbonyl (C=O) groups is 2. The Morgan fingerprint density at radius 3 is 2.48 bits per heavy atom. The van der Waals surface area contributed by atoms with Gasteiger partial charge in [-0.2, -0.15) is 0 Å². The van der Waals surface area contributed by atoms with Crippen LogP contribution in [0.2, 0.25) is 0 Å². The average Bonchev–Trinajstić information content (AvgIpc) is 2.40.